The summed E-state index contributed by atoms with van der Waals surface area (Å²) < 4.78 is 5.37. The minimum atomic E-state index is -0.377. The van der Waals surface area contributed by atoms with Crippen molar-refractivity contribution in [2.75, 3.05) is 26.2 Å². The molecule has 1 heterocycles. The van der Waals surface area contributed by atoms with Gasteiger partial charge in [-0.05, 0) is 19.1 Å². The summed E-state index contributed by atoms with van der Waals surface area (Å²) in [4.78, 5) is 11.6. The quantitative estimate of drug-likeness (QED) is 0.704. The zero-order valence-electron chi connectivity index (χ0n) is 11.1. The number of hydrogen-bond donors (Lipinski definition) is 3. The van der Waals surface area contributed by atoms with Crippen molar-refractivity contribution in [2.45, 2.75) is 13.0 Å². The number of benzene rings is 1. The molecule has 0 aliphatic carbocycles. The smallest absolute Gasteiger partial charge is 0.257 e. The van der Waals surface area contributed by atoms with Crippen molar-refractivity contribution in [1.82, 2.24) is 10.6 Å². The molecule has 1 aliphatic heterocycles. The maximum Gasteiger partial charge on any atom is 0.257 e. The standard InChI is InChI=1S/C14H20N2O3/c1-10-2-4-12(5-3-10)19-9-14(18)16-7-11-6-15-8-13(11)17/h2-5,11,13,15,17H,6-9H2,1H3,(H,16,18). The lowest BCUT2D eigenvalue weighted by Gasteiger charge is -2.14. The van der Waals surface area contributed by atoms with E-state index in [1.54, 1.807) is 0 Å². The molecule has 5 nitrogen and oxygen atoms in total. The van der Waals surface area contributed by atoms with Crippen LogP contribution in [0.5, 0.6) is 5.75 Å². The molecular weight excluding hydrogens is 244 g/mol. The van der Waals surface area contributed by atoms with Gasteiger partial charge in [-0.2, -0.15) is 0 Å². The van der Waals surface area contributed by atoms with Gasteiger partial charge >= 0.3 is 0 Å². The lowest BCUT2D eigenvalue weighted by molar-refractivity contribution is -0.123. The van der Waals surface area contributed by atoms with Crippen LogP contribution in [0.1, 0.15) is 5.56 Å². The SMILES string of the molecule is Cc1ccc(OCC(=O)NCC2CNCC2O)cc1. The van der Waals surface area contributed by atoms with Gasteiger partial charge in [-0.3, -0.25) is 4.79 Å². The summed E-state index contributed by atoms with van der Waals surface area (Å²) in [5.74, 6) is 0.603. The predicted molar refractivity (Wildman–Crippen MR) is 72.1 cm³/mol. The largest absolute Gasteiger partial charge is 0.484 e. The predicted octanol–water partition coefficient (Wildman–Crippen LogP) is 0.0703. The number of aryl methyl sites for hydroxylation is 1. The van der Waals surface area contributed by atoms with E-state index in [0.717, 1.165) is 12.1 Å². The summed E-state index contributed by atoms with van der Waals surface area (Å²) >= 11 is 0. The summed E-state index contributed by atoms with van der Waals surface area (Å²) in [6.45, 7) is 3.81. The molecule has 2 atom stereocenters. The van der Waals surface area contributed by atoms with Crippen LogP contribution in [0.25, 0.3) is 0 Å². The first kappa shape index (κ1) is 13.8. The zero-order valence-corrected chi connectivity index (χ0v) is 11.1. The van der Waals surface area contributed by atoms with Crippen molar-refractivity contribution in [3.8, 4) is 5.75 Å². The van der Waals surface area contributed by atoms with E-state index in [0.29, 0.717) is 18.8 Å². The first-order valence-corrected chi connectivity index (χ1v) is 6.50. The third-order valence-corrected chi connectivity index (χ3v) is 3.26. The second-order valence-electron chi connectivity index (χ2n) is 4.89. The van der Waals surface area contributed by atoms with E-state index >= 15 is 0 Å². The second kappa shape index (κ2) is 6.54. The van der Waals surface area contributed by atoms with Crippen molar-refractivity contribution in [2.24, 2.45) is 5.92 Å². The average Bonchev–Trinajstić information content (AvgIpc) is 2.81. The van der Waals surface area contributed by atoms with E-state index in [9.17, 15) is 9.90 Å². The van der Waals surface area contributed by atoms with Gasteiger partial charge in [0.15, 0.2) is 6.61 Å². The van der Waals surface area contributed by atoms with E-state index in [1.165, 1.54) is 0 Å². The second-order valence-corrected chi connectivity index (χ2v) is 4.89. The highest BCUT2D eigenvalue weighted by Crippen LogP contribution is 2.11. The number of aliphatic hydroxyl groups excluding tert-OH is 1. The average molecular weight is 264 g/mol. The number of nitrogens with one attached hydrogen (secondary N) is 2. The molecular formula is C14H20N2O3. The normalized spacial score (nSPS) is 22.2. The van der Waals surface area contributed by atoms with Gasteiger partial charge in [0.25, 0.3) is 5.91 Å². The Kier molecular flexibility index (Phi) is 4.76. The Hall–Kier alpha value is -1.59. The van der Waals surface area contributed by atoms with Crippen LogP contribution in [-0.2, 0) is 4.79 Å². The van der Waals surface area contributed by atoms with Crippen LogP contribution in [-0.4, -0.2) is 43.4 Å². The molecule has 2 unspecified atom stereocenters. The maximum absolute atomic E-state index is 11.6. The lowest BCUT2D eigenvalue weighted by atomic mass is 10.1. The molecule has 0 radical (unpaired) electrons. The number of amides is 1. The fraction of sp³-hybridized carbons (Fsp3) is 0.500. The topological polar surface area (TPSA) is 70.6 Å². The zero-order chi connectivity index (χ0) is 13.7. The van der Waals surface area contributed by atoms with Crippen molar-refractivity contribution >= 4 is 5.91 Å². The minimum absolute atomic E-state index is 0.000690. The summed E-state index contributed by atoms with van der Waals surface area (Å²) in [6.07, 6.45) is -0.377. The third-order valence-electron chi connectivity index (χ3n) is 3.26. The Morgan fingerprint density at radius 2 is 2.16 bits per heavy atom. The first-order chi connectivity index (χ1) is 9.15. The van der Waals surface area contributed by atoms with Crippen LogP contribution < -0.4 is 15.4 Å². The van der Waals surface area contributed by atoms with Crippen molar-refractivity contribution in [3.05, 3.63) is 29.8 Å². The minimum Gasteiger partial charge on any atom is -0.484 e. The van der Waals surface area contributed by atoms with Gasteiger partial charge in [-0.1, -0.05) is 17.7 Å². The lowest BCUT2D eigenvalue weighted by Crippen LogP contribution is -2.36. The highest BCUT2D eigenvalue weighted by Gasteiger charge is 2.24. The van der Waals surface area contributed by atoms with Crippen LogP contribution >= 0.6 is 0 Å². The van der Waals surface area contributed by atoms with Gasteiger partial charge < -0.3 is 20.5 Å². The van der Waals surface area contributed by atoms with E-state index in [-0.39, 0.29) is 24.5 Å². The summed E-state index contributed by atoms with van der Waals surface area (Å²) in [6, 6.07) is 7.56. The molecule has 5 heteroatoms. The summed E-state index contributed by atoms with van der Waals surface area (Å²) in [5.41, 5.74) is 1.15. The van der Waals surface area contributed by atoms with Crippen LogP contribution in [0.2, 0.25) is 0 Å². The van der Waals surface area contributed by atoms with E-state index in [4.69, 9.17) is 4.74 Å². The Morgan fingerprint density at radius 1 is 1.42 bits per heavy atom. The fourth-order valence-corrected chi connectivity index (χ4v) is 2.01. The van der Waals surface area contributed by atoms with E-state index in [1.807, 2.05) is 31.2 Å². The van der Waals surface area contributed by atoms with Gasteiger partial charge in [-0.25, -0.2) is 0 Å². The molecule has 104 valence electrons. The fourth-order valence-electron chi connectivity index (χ4n) is 2.01. The Bertz CT molecular complexity index is 419. The molecule has 1 aromatic rings. The van der Waals surface area contributed by atoms with E-state index < -0.39 is 0 Å². The van der Waals surface area contributed by atoms with Gasteiger partial charge in [0.05, 0.1) is 6.10 Å². The van der Waals surface area contributed by atoms with Crippen molar-refractivity contribution < 1.29 is 14.6 Å². The highest BCUT2D eigenvalue weighted by molar-refractivity contribution is 5.77. The highest BCUT2D eigenvalue weighted by atomic mass is 16.5. The molecule has 0 spiro atoms. The number of rotatable bonds is 5. The van der Waals surface area contributed by atoms with Crippen molar-refractivity contribution in [1.29, 1.82) is 0 Å². The number of hydrogen-bond acceptors (Lipinski definition) is 4. The molecule has 1 saturated heterocycles. The summed E-state index contributed by atoms with van der Waals surface area (Å²) in [5, 5.41) is 15.4. The number of carbonyl (C=O) groups is 1. The van der Waals surface area contributed by atoms with Gasteiger partial charge in [0.1, 0.15) is 5.75 Å². The van der Waals surface area contributed by atoms with Crippen LogP contribution in [0.4, 0.5) is 0 Å². The Morgan fingerprint density at radius 3 is 2.79 bits per heavy atom. The maximum atomic E-state index is 11.6. The van der Waals surface area contributed by atoms with Crippen LogP contribution in [0, 0.1) is 12.8 Å². The molecule has 0 aromatic heterocycles. The number of aliphatic hydroxyl groups is 1. The van der Waals surface area contributed by atoms with Gasteiger partial charge in [-0.15, -0.1) is 0 Å². The molecule has 1 aliphatic rings. The number of carbonyl (C=O) groups excluding carboxylic acids is 1. The molecule has 1 amide bonds. The Balaban J connectivity index is 1.68. The first-order valence-electron chi connectivity index (χ1n) is 6.50. The monoisotopic (exact) mass is 264 g/mol. The summed E-state index contributed by atoms with van der Waals surface area (Å²) in [7, 11) is 0. The van der Waals surface area contributed by atoms with Crippen LogP contribution in [0.3, 0.4) is 0 Å². The molecule has 1 aromatic carbocycles. The molecule has 1 fully saturated rings. The third kappa shape index (κ3) is 4.22. The molecule has 3 N–H and O–H groups in total. The molecule has 0 saturated carbocycles. The molecule has 0 bridgehead atoms. The number of ether oxygens (including phenoxy) is 1. The van der Waals surface area contributed by atoms with Crippen LogP contribution in [0.15, 0.2) is 24.3 Å². The van der Waals surface area contributed by atoms with E-state index in [2.05, 4.69) is 10.6 Å². The van der Waals surface area contributed by atoms with Crippen molar-refractivity contribution in [3.63, 3.8) is 0 Å². The Labute approximate surface area is 113 Å². The molecule has 2 rings (SSSR count). The number of β-amino-alcohol motifs (C(OH)–C–C–N with tert-alkyl or cyclic N) is 1. The van der Waals surface area contributed by atoms with Gasteiger partial charge in [0, 0.05) is 25.6 Å². The van der Waals surface area contributed by atoms with Gasteiger partial charge in [0.2, 0.25) is 0 Å². The molecule has 19 heavy (non-hydrogen) atoms.